The molecule has 3 rings (SSSR count). The van der Waals surface area contributed by atoms with E-state index < -0.39 is 17.4 Å². The van der Waals surface area contributed by atoms with Gasteiger partial charge >= 0.3 is 5.69 Å². The largest absolute Gasteiger partial charge is 0.491 e. The molecule has 0 aliphatic heterocycles. The van der Waals surface area contributed by atoms with Crippen LogP contribution >= 0.6 is 28.1 Å². The van der Waals surface area contributed by atoms with Gasteiger partial charge in [0.2, 0.25) is 0 Å². The number of fused-ring (bicyclic) bond motifs is 1. The van der Waals surface area contributed by atoms with Crippen LogP contribution in [0, 0.1) is 4.77 Å². The molecule has 0 saturated carbocycles. The van der Waals surface area contributed by atoms with E-state index in [0.717, 1.165) is 4.47 Å². The van der Waals surface area contributed by atoms with Gasteiger partial charge < -0.3 is 19.4 Å². The number of nitrogens with zero attached hydrogens (tertiary/aromatic N) is 2. The Kier molecular flexibility index (Phi) is 4.93. The number of nitrogens with one attached hydrogen (secondary N) is 2. The van der Waals surface area contributed by atoms with E-state index in [9.17, 15) is 14.7 Å². The zero-order valence-corrected chi connectivity index (χ0v) is 15.6. The van der Waals surface area contributed by atoms with Crippen LogP contribution in [0.15, 0.2) is 38.3 Å². The van der Waals surface area contributed by atoms with Gasteiger partial charge in [0.05, 0.1) is 6.54 Å². The molecule has 2 heterocycles. The zero-order valence-electron chi connectivity index (χ0n) is 13.2. The van der Waals surface area contributed by atoms with Crippen LogP contribution in [0.1, 0.15) is 0 Å². The van der Waals surface area contributed by atoms with E-state index in [0.29, 0.717) is 11.4 Å². The van der Waals surface area contributed by atoms with Gasteiger partial charge in [0.15, 0.2) is 10.3 Å². The van der Waals surface area contributed by atoms with E-state index in [1.165, 1.54) is 16.2 Å². The van der Waals surface area contributed by atoms with E-state index in [2.05, 4.69) is 25.9 Å². The highest BCUT2D eigenvalue weighted by molar-refractivity contribution is 9.10. The molecule has 0 aliphatic rings. The molecule has 3 N–H and O–H groups in total. The Hall–Kier alpha value is -2.17. The number of aliphatic hydroxyl groups is 1. The van der Waals surface area contributed by atoms with Crippen molar-refractivity contribution in [2.24, 2.45) is 7.05 Å². The van der Waals surface area contributed by atoms with Crippen LogP contribution in [0.3, 0.4) is 0 Å². The minimum absolute atomic E-state index is 0.0275. The molecule has 3 aromatic rings. The molecule has 0 bridgehead atoms. The van der Waals surface area contributed by atoms with Crippen LogP contribution in [0.2, 0.25) is 0 Å². The fraction of sp³-hybridized carbons (Fsp3) is 0.267. The van der Waals surface area contributed by atoms with Crippen molar-refractivity contribution in [1.29, 1.82) is 0 Å². The molecule has 0 amide bonds. The molecular formula is C15H15BrN4O4S. The third-order valence-corrected chi connectivity index (χ3v) is 4.54. The molecule has 132 valence electrons. The highest BCUT2D eigenvalue weighted by atomic mass is 79.9. The number of imidazole rings is 1. The topological polar surface area (TPSA) is 105 Å². The van der Waals surface area contributed by atoms with E-state index in [1.807, 2.05) is 12.1 Å². The molecule has 0 spiro atoms. The summed E-state index contributed by atoms with van der Waals surface area (Å²) in [6, 6.07) is 7.21. The second-order valence-electron chi connectivity index (χ2n) is 5.48. The summed E-state index contributed by atoms with van der Waals surface area (Å²) in [7, 11) is 1.52. The summed E-state index contributed by atoms with van der Waals surface area (Å²) in [6.07, 6.45) is -0.897. The first-order valence-electron chi connectivity index (χ1n) is 7.35. The Bertz CT molecular complexity index is 1080. The Morgan fingerprint density at radius 1 is 1.28 bits per heavy atom. The van der Waals surface area contributed by atoms with Gasteiger partial charge in [-0.3, -0.25) is 14.3 Å². The number of hydrogen-bond acceptors (Lipinski definition) is 5. The van der Waals surface area contributed by atoms with Crippen molar-refractivity contribution in [2.45, 2.75) is 12.6 Å². The molecule has 25 heavy (non-hydrogen) atoms. The fourth-order valence-electron chi connectivity index (χ4n) is 2.43. The Labute approximate surface area is 154 Å². The molecular weight excluding hydrogens is 412 g/mol. The van der Waals surface area contributed by atoms with Crippen LogP contribution < -0.4 is 16.0 Å². The molecule has 10 heteroatoms. The number of aromatic nitrogens is 4. The van der Waals surface area contributed by atoms with Crippen LogP contribution in [-0.2, 0) is 13.6 Å². The van der Waals surface area contributed by atoms with E-state index >= 15 is 0 Å². The number of H-pyrrole nitrogens is 2. The minimum atomic E-state index is -0.897. The number of aromatic amines is 2. The second-order valence-corrected chi connectivity index (χ2v) is 6.78. The highest BCUT2D eigenvalue weighted by Crippen LogP contribution is 2.16. The van der Waals surface area contributed by atoms with Crippen molar-refractivity contribution in [3.05, 3.63) is 54.3 Å². The first-order chi connectivity index (χ1) is 11.9. The summed E-state index contributed by atoms with van der Waals surface area (Å²) >= 11 is 8.54. The van der Waals surface area contributed by atoms with Crippen molar-refractivity contribution >= 4 is 39.3 Å². The van der Waals surface area contributed by atoms with Gasteiger partial charge in [-0.2, -0.15) is 0 Å². The summed E-state index contributed by atoms with van der Waals surface area (Å²) in [5.41, 5.74) is -0.596. The van der Waals surface area contributed by atoms with E-state index in [4.69, 9.17) is 17.0 Å². The average Bonchev–Trinajstić information content (AvgIpc) is 2.89. The first-order valence-corrected chi connectivity index (χ1v) is 8.55. The molecule has 0 radical (unpaired) electrons. The van der Waals surface area contributed by atoms with Crippen molar-refractivity contribution in [1.82, 2.24) is 19.1 Å². The van der Waals surface area contributed by atoms with Crippen LogP contribution in [-0.4, -0.2) is 36.9 Å². The zero-order chi connectivity index (χ0) is 18.1. The lowest BCUT2D eigenvalue weighted by molar-refractivity contribution is 0.0930. The summed E-state index contributed by atoms with van der Waals surface area (Å²) < 4.78 is 9.41. The van der Waals surface area contributed by atoms with Gasteiger partial charge in [-0.25, -0.2) is 4.79 Å². The molecule has 0 fully saturated rings. The third kappa shape index (κ3) is 3.60. The molecule has 1 atom stereocenters. The van der Waals surface area contributed by atoms with Gasteiger partial charge in [-0.1, -0.05) is 15.9 Å². The number of ether oxygens (including phenoxy) is 1. The molecule has 8 nitrogen and oxygen atoms in total. The summed E-state index contributed by atoms with van der Waals surface area (Å²) in [5.74, 6) is 0.616. The second kappa shape index (κ2) is 6.98. The van der Waals surface area contributed by atoms with Gasteiger partial charge in [0.1, 0.15) is 24.1 Å². The maximum Gasteiger partial charge on any atom is 0.329 e. The maximum atomic E-state index is 12.1. The monoisotopic (exact) mass is 426 g/mol. The first kappa shape index (κ1) is 17.6. The van der Waals surface area contributed by atoms with Crippen LogP contribution in [0.25, 0.3) is 11.2 Å². The predicted octanol–water partition coefficient (Wildman–Crippen LogP) is 1.29. The number of rotatable bonds is 5. The Morgan fingerprint density at radius 3 is 2.64 bits per heavy atom. The summed E-state index contributed by atoms with van der Waals surface area (Å²) in [4.78, 5) is 28.8. The van der Waals surface area contributed by atoms with Crippen molar-refractivity contribution in [2.75, 3.05) is 6.61 Å². The Balaban J connectivity index is 1.83. The minimum Gasteiger partial charge on any atom is -0.491 e. The average molecular weight is 427 g/mol. The fourth-order valence-corrected chi connectivity index (χ4v) is 2.96. The smallest absolute Gasteiger partial charge is 0.329 e. The van der Waals surface area contributed by atoms with Crippen molar-refractivity contribution in [3.8, 4) is 5.75 Å². The molecule has 2 aromatic heterocycles. The van der Waals surface area contributed by atoms with Gasteiger partial charge in [0, 0.05) is 11.5 Å². The Morgan fingerprint density at radius 2 is 1.96 bits per heavy atom. The quantitative estimate of drug-likeness (QED) is 0.533. The molecule has 0 saturated heterocycles. The number of benzene rings is 1. The third-order valence-electron chi connectivity index (χ3n) is 3.69. The molecule has 1 unspecified atom stereocenters. The lowest BCUT2D eigenvalue weighted by Gasteiger charge is -2.13. The van der Waals surface area contributed by atoms with Crippen LogP contribution in [0.4, 0.5) is 0 Å². The molecule has 0 aliphatic carbocycles. The number of aryl methyl sites for hydroxylation is 1. The van der Waals surface area contributed by atoms with E-state index in [1.54, 1.807) is 12.1 Å². The summed E-state index contributed by atoms with van der Waals surface area (Å²) in [6.45, 7) is 0.0798. The van der Waals surface area contributed by atoms with E-state index in [-0.39, 0.29) is 23.4 Å². The normalized spacial score (nSPS) is 12.4. The maximum absolute atomic E-state index is 12.1. The standard InChI is InChI=1S/C15H15BrN4O4S/c1-19-12-11(13(22)18-14(19)23)20(15(25)17-12)6-9(21)7-24-10-4-2-8(16)3-5-10/h2-5,9,21H,6-7H2,1H3,(H,17,25)(H,18,22,23). The lowest BCUT2D eigenvalue weighted by Crippen LogP contribution is -2.30. The summed E-state index contributed by atoms with van der Waals surface area (Å²) in [5, 5.41) is 10.2. The van der Waals surface area contributed by atoms with Gasteiger partial charge in [-0.15, -0.1) is 0 Å². The number of halogens is 1. The lowest BCUT2D eigenvalue weighted by atomic mass is 10.3. The van der Waals surface area contributed by atoms with Crippen molar-refractivity contribution < 1.29 is 9.84 Å². The van der Waals surface area contributed by atoms with Crippen LogP contribution in [0.5, 0.6) is 5.75 Å². The van der Waals surface area contributed by atoms with Gasteiger partial charge in [-0.05, 0) is 36.5 Å². The number of aliphatic hydroxyl groups excluding tert-OH is 1. The highest BCUT2D eigenvalue weighted by Gasteiger charge is 2.16. The SMILES string of the molecule is Cn1c(=O)[nH]c(=O)c2c1[nH]c(=S)n2CC(O)COc1ccc(Br)cc1. The van der Waals surface area contributed by atoms with Crippen molar-refractivity contribution in [3.63, 3.8) is 0 Å². The number of hydrogen-bond donors (Lipinski definition) is 3. The predicted molar refractivity (Wildman–Crippen MR) is 98.6 cm³/mol. The van der Waals surface area contributed by atoms with Gasteiger partial charge in [0.25, 0.3) is 5.56 Å². The molecule has 1 aromatic carbocycles.